The van der Waals surface area contributed by atoms with Crippen molar-refractivity contribution in [3.63, 3.8) is 0 Å². The molecule has 80 valence electrons. The summed E-state index contributed by atoms with van der Waals surface area (Å²) in [4.78, 5) is 0. The van der Waals surface area contributed by atoms with Crippen LogP contribution in [-0.4, -0.2) is 4.57 Å². The first-order chi connectivity index (χ1) is 7.18. The van der Waals surface area contributed by atoms with E-state index in [1.54, 1.807) is 6.26 Å². The van der Waals surface area contributed by atoms with Crippen LogP contribution < -0.4 is 0 Å². The highest BCUT2D eigenvalue weighted by Crippen LogP contribution is 2.19. The lowest BCUT2D eigenvalue weighted by atomic mass is 10.2. The summed E-state index contributed by atoms with van der Waals surface area (Å²) < 4.78 is 7.72. The van der Waals surface area contributed by atoms with Crippen LogP contribution in [0.3, 0.4) is 0 Å². The zero-order chi connectivity index (χ0) is 10.8. The fourth-order valence-corrected chi connectivity index (χ4v) is 2.19. The van der Waals surface area contributed by atoms with Gasteiger partial charge in [-0.2, -0.15) is 0 Å². The first-order valence-electron chi connectivity index (χ1n) is 5.35. The third-order valence-electron chi connectivity index (χ3n) is 2.84. The normalized spacial score (nSPS) is 13.0. The molecule has 2 heterocycles. The Morgan fingerprint density at radius 3 is 2.40 bits per heavy atom. The Morgan fingerprint density at radius 2 is 1.87 bits per heavy atom. The monoisotopic (exact) mass is 203 g/mol. The fourth-order valence-electron chi connectivity index (χ4n) is 2.19. The zero-order valence-corrected chi connectivity index (χ0v) is 9.53. The second kappa shape index (κ2) is 3.97. The highest BCUT2D eigenvalue weighted by Gasteiger charge is 2.11. The third-order valence-corrected chi connectivity index (χ3v) is 2.84. The van der Waals surface area contributed by atoms with Crippen molar-refractivity contribution in [2.45, 2.75) is 33.2 Å². The summed E-state index contributed by atoms with van der Waals surface area (Å²) in [6.45, 7) is 6.51. The van der Waals surface area contributed by atoms with E-state index in [4.69, 9.17) is 4.42 Å². The third kappa shape index (κ3) is 1.99. The number of nitrogens with zero attached hydrogens (tertiary/aromatic N) is 1. The van der Waals surface area contributed by atoms with Crippen molar-refractivity contribution in [2.75, 3.05) is 0 Å². The minimum atomic E-state index is 0.450. The predicted molar refractivity (Wildman–Crippen MR) is 61.0 cm³/mol. The summed E-state index contributed by atoms with van der Waals surface area (Å²) in [5.41, 5.74) is 2.62. The summed E-state index contributed by atoms with van der Waals surface area (Å²) in [6, 6.07) is 8.75. The maximum atomic E-state index is 5.37. The van der Waals surface area contributed by atoms with E-state index in [1.165, 1.54) is 11.4 Å². The Bertz CT molecular complexity index is 406. The summed E-state index contributed by atoms with van der Waals surface area (Å²) in [7, 11) is 0. The van der Waals surface area contributed by atoms with E-state index in [0.29, 0.717) is 6.04 Å². The van der Waals surface area contributed by atoms with Gasteiger partial charge in [0.05, 0.1) is 6.26 Å². The van der Waals surface area contributed by atoms with Gasteiger partial charge in [0.25, 0.3) is 0 Å². The Hall–Kier alpha value is -1.44. The second-order valence-corrected chi connectivity index (χ2v) is 4.12. The van der Waals surface area contributed by atoms with Crippen molar-refractivity contribution in [3.05, 3.63) is 47.7 Å². The molecule has 15 heavy (non-hydrogen) atoms. The van der Waals surface area contributed by atoms with Crippen LogP contribution in [0.25, 0.3) is 0 Å². The lowest BCUT2D eigenvalue weighted by Gasteiger charge is -2.17. The summed E-state index contributed by atoms with van der Waals surface area (Å²) in [5, 5.41) is 0. The maximum Gasteiger partial charge on any atom is 0.105 e. The van der Waals surface area contributed by atoms with Gasteiger partial charge in [0.1, 0.15) is 5.76 Å². The highest BCUT2D eigenvalue weighted by molar-refractivity contribution is 5.15. The molecule has 1 unspecified atom stereocenters. The van der Waals surface area contributed by atoms with Crippen LogP contribution >= 0.6 is 0 Å². The average molecular weight is 203 g/mol. The Kier molecular flexibility index (Phi) is 2.67. The standard InChI is InChI=1S/C13H17NO/c1-10-6-7-11(2)14(10)12(3)9-13-5-4-8-15-13/h4-8,12H,9H2,1-3H3. The number of aromatic nitrogens is 1. The van der Waals surface area contributed by atoms with Gasteiger partial charge in [0, 0.05) is 23.9 Å². The Morgan fingerprint density at radius 1 is 1.20 bits per heavy atom. The molecule has 0 saturated heterocycles. The van der Waals surface area contributed by atoms with Crippen LogP contribution in [0.2, 0.25) is 0 Å². The SMILES string of the molecule is Cc1ccc(C)n1C(C)Cc1ccco1. The molecule has 0 amide bonds. The van der Waals surface area contributed by atoms with Gasteiger partial charge < -0.3 is 8.98 Å². The molecule has 0 radical (unpaired) electrons. The van der Waals surface area contributed by atoms with Gasteiger partial charge in [-0.25, -0.2) is 0 Å². The van der Waals surface area contributed by atoms with Gasteiger partial charge in [-0.3, -0.25) is 0 Å². The van der Waals surface area contributed by atoms with Gasteiger partial charge in [-0.1, -0.05) is 0 Å². The van der Waals surface area contributed by atoms with Crippen LogP contribution in [-0.2, 0) is 6.42 Å². The van der Waals surface area contributed by atoms with E-state index in [1.807, 2.05) is 12.1 Å². The molecule has 2 heteroatoms. The molecule has 0 fully saturated rings. The van der Waals surface area contributed by atoms with Crippen LogP contribution in [0.1, 0.15) is 30.1 Å². The molecule has 1 atom stereocenters. The van der Waals surface area contributed by atoms with E-state index < -0.39 is 0 Å². The number of hydrogen-bond donors (Lipinski definition) is 0. The largest absolute Gasteiger partial charge is 0.469 e. The quantitative estimate of drug-likeness (QED) is 0.746. The van der Waals surface area contributed by atoms with Gasteiger partial charge in [0.15, 0.2) is 0 Å². The number of hydrogen-bond acceptors (Lipinski definition) is 1. The molecule has 0 N–H and O–H groups in total. The molecule has 2 aromatic heterocycles. The van der Waals surface area contributed by atoms with Crippen LogP contribution in [0, 0.1) is 13.8 Å². The molecule has 0 bridgehead atoms. The number of aryl methyl sites for hydroxylation is 2. The number of furan rings is 1. The smallest absolute Gasteiger partial charge is 0.105 e. The Balaban J connectivity index is 2.18. The predicted octanol–water partition coefficient (Wildman–Crippen LogP) is 3.50. The molecular weight excluding hydrogens is 186 g/mol. The molecule has 0 saturated carbocycles. The molecule has 0 spiro atoms. The second-order valence-electron chi connectivity index (χ2n) is 4.12. The van der Waals surface area contributed by atoms with Crippen molar-refractivity contribution in [1.29, 1.82) is 0 Å². The molecule has 0 aromatic carbocycles. The maximum absolute atomic E-state index is 5.37. The number of rotatable bonds is 3. The highest BCUT2D eigenvalue weighted by atomic mass is 16.3. The van der Waals surface area contributed by atoms with Crippen molar-refractivity contribution >= 4 is 0 Å². The molecule has 2 nitrogen and oxygen atoms in total. The van der Waals surface area contributed by atoms with Gasteiger partial charge in [-0.15, -0.1) is 0 Å². The first kappa shape index (κ1) is 10.1. The average Bonchev–Trinajstić information content (AvgIpc) is 2.77. The molecular formula is C13H17NO. The summed E-state index contributed by atoms with van der Waals surface area (Å²) in [6.07, 6.45) is 2.68. The Labute approximate surface area is 90.5 Å². The van der Waals surface area contributed by atoms with E-state index in [0.717, 1.165) is 12.2 Å². The van der Waals surface area contributed by atoms with E-state index >= 15 is 0 Å². The lowest BCUT2D eigenvalue weighted by Crippen LogP contribution is -2.10. The van der Waals surface area contributed by atoms with Crippen molar-refractivity contribution < 1.29 is 4.42 Å². The van der Waals surface area contributed by atoms with E-state index in [-0.39, 0.29) is 0 Å². The molecule has 0 aliphatic rings. The van der Waals surface area contributed by atoms with Gasteiger partial charge in [0.2, 0.25) is 0 Å². The van der Waals surface area contributed by atoms with Gasteiger partial charge >= 0.3 is 0 Å². The molecule has 2 aromatic rings. The van der Waals surface area contributed by atoms with Crippen molar-refractivity contribution in [1.82, 2.24) is 4.57 Å². The minimum absolute atomic E-state index is 0.450. The van der Waals surface area contributed by atoms with E-state index in [9.17, 15) is 0 Å². The lowest BCUT2D eigenvalue weighted by molar-refractivity contribution is 0.442. The van der Waals surface area contributed by atoms with Crippen LogP contribution in [0.15, 0.2) is 34.9 Å². The molecule has 0 aliphatic heterocycles. The summed E-state index contributed by atoms with van der Waals surface area (Å²) >= 11 is 0. The molecule has 0 aliphatic carbocycles. The fraction of sp³-hybridized carbons (Fsp3) is 0.385. The van der Waals surface area contributed by atoms with Gasteiger partial charge in [-0.05, 0) is 45.0 Å². The first-order valence-corrected chi connectivity index (χ1v) is 5.35. The summed E-state index contributed by atoms with van der Waals surface area (Å²) in [5.74, 6) is 1.05. The van der Waals surface area contributed by atoms with E-state index in [2.05, 4.69) is 37.5 Å². The minimum Gasteiger partial charge on any atom is -0.469 e. The topological polar surface area (TPSA) is 18.1 Å². The van der Waals surface area contributed by atoms with Crippen LogP contribution in [0.5, 0.6) is 0 Å². The molecule has 2 rings (SSSR count). The van der Waals surface area contributed by atoms with Crippen molar-refractivity contribution in [3.8, 4) is 0 Å². The van der Waals surface area contributed by atoms with Crippen LogP contribution in [0.4, 0.5) is 0 Å². The zero-order valence-electron chi connectivity index (χ0n) is 9.53. The van der Waals surface area contributed by atoms with Crippen molar-refractivity contribution in [2.24, 2.45) is 0 Å².